The summed E-state index contributed by atoms with van der Waals surface area (Å²) in [5.74, 6) is 0. The molecule has 130 valence electrons. The number of pyridine rings is 1. The Hall–Kier alpha value is -1.94. The fraction of sp³-hybridized carbons (Fsp3) is 0.286. The van der Waals surface area contributed by atoms with Crippen LogP contribution in [0.5, 0.6) is 0 Å². The first-order valence-electron chi connectivity index (χ1n) is 8.36. The lowest BCUT2D eigenvalue weighted by Crippen LogP contribution is -2.20. The Bertz CT molecular complexity index is 904. The molecule has 0 bridgehead atoms. The van der Waals surface area contributed by atoms with Crippen LogP contribution in [0.25, 0.3) is 22.2 Å². The van der Waals surface area contributed by atoms with Crippen molar-refractivity contribution in [1.82, 2.24) is 9.88 Å². The van der Waals surface area contributed by atoms with Crippen LogP contribution in [0.4, 0.5) is 0 Å². The highest BCUT2D eigenvalue weighted by Crippen LogP contribution is 2.32. The molecule has 0 saturated heterocycles. The van der Waals surface area contributed by atoms with E-state index >= 15 is 0 Å². The largest absolute Gasteiger partial charge is 0.387 e. The molecule has 25 heavy (non-hydrogen) atoms. The van der Waals surface area contributed by atoms with Gasteiger partial charge in [-0.05, 0) is 62.8 Å². The van der Waals surface area contributed by atoms with Crippen LogP contribution >= 0.6 is 11.6 Å². The van der Waals surface area contributed by atoms with Gasteiger partial charge >= 0.3 is 0 Å². The number of aryl methyl sites for hydroxylation is 2. The molecule has 3 aromatic rings. The minimum atomic E-state index is -0.575. The van der Waals surface area contributed by atoms with E-state index in [0.717, 1.165) is 33.3 Å². The third-order valence-corrected chi connectivity index (χ3v) is 4.83. The third-order valence-electron chi connectivity index (χ3n) is 4.57. The van der Waals surface area contributed by atoms with Gasteiger partial charge in [0.25, 0.3) is 0 Å². The summed E-state index contributed by atoms with van der Waals surface area (Å²) in [4.78, 5) is 6.88. The zero-order valence-corrected chi connectivity index (χ0v) is 15.8. The lowest BCUT2D eigenvalue weighted by atomic mass is 9.96. The molecular weight excluding hydrogens is 332 g/mol. The number of aliphatic hydroxyl groups excluding tert-OH is 1. The molecule has 1 heterocycles. The zero-order chi connectivity index (χ0) is 18.1. The van der Waals surface area contributed by atoms with Gasteiger partial charge in [0.1, 0.15) is 0 Å². The van der Waals surface area contributed by atoms with Crippen LogP contribution in [0.1, 0.15) is 22.8 Å². The Morgan fingerprint density at radius 3 is 2.40 bits per heavy atom. The van der Waals surface area contributed by atoms with Crippen molar-refractivity contribution >= 4 is 22.5 Å². The highest BCUT2D eigenvalue weighted by molar-refractivity contribution is 6.30. The summed E-state index contributed by atoms with van der Waals surface area (Å²) in [6.07, 6.45) is -0.575. The van der Waals surface area contributed by atoms with Crippen LogP contribution in [0.15, 0.2) is 42.5 Å². The van der Waals surface area contributed by atoms with E-state index in [1.54, 1.807) is 0 Å². The number of nitrogens with zero attached hydrogens (tertiary/aromatic N) is 2. The second-order valence-electron chi connectivity index (χ2n) is 6.79. The lowest BCUT2D eigenvalue weighted by Gasteiger charge is -2.20. The fourth-order valence-electron chi connectivity index (χ4n) is 3.04. The maximum absolute atomic E-state index is 10.8. The maximum Gasteiger partial charge on any atom is 0.0923 e. The summed E-state index contributed by atoms with van der Waals surface area (Å²) < 4.78 is 0. The Morgan fingerprint density at radius 1 is 1.08 bits per heavy atom. The van der Waals surface area contributed by atoms with Crippen molar-refractivity contribution in [2.45, 2.75) is 20.0 Å². The Kier molecular flexibility index (Phi) is 5.09. The topological polar surface area (TPSA) is 36.4 Å². The molecule has 0 amide bonds. The van der Waals surface area contributed by atoms with Gasteiger partial charge in [0.05, 0.1) is 17.3 Å². The van der Waals surface area contributed by atoms with Gasteiger partial charge in [-0.2, -0.15) is 0 Å². The van der Waals surface area contributed by atoms with E-state index in [0.29, 0.717) is 11.6 Å². The third kappa shape index (κ3) is 3.69. The molecule has 0 radical (unpaired) electrons. The summed E-state index contributed by atoms with van der Waals surface area (Å²) in [5.41, 5.74) is 6.04. The van der Waals surface area contributed by atoms with Crippen LogP contribution in [0, 0.1) is 13.8 Å². The second-order valence-corrected chi connectivity index (χ2v) is 7.22. The average molecular weight is 355 g/mol. The number of aromatic nitrogens is 1. The molecule has 1 atom stereocenters. The summed E-state index contributed by atoms with van der Waals surface area (Å²) in [6.45, 7) is 4.73. The van der Waals surface area contributed by atoms with Crippen LogP contribution in [0.2, 0.25) is 5.02 Å². The molecule has 2 aromatic carbocycles. The standard InChI is InChI=1S/C21H23ClN2O/c1-13-5-10-17-18(20(25)12-24(3)4)11-19(23-21(17)14(13)2)15-6-8-16(22)9-7-15/h5-11,20,25H,12H2,1-4H3. The Labute approximate surface area is 153 Å². The average Bonchev–Trinajstić information content (AvgIpc) is 2.57. The molecule has 0 aliphatic heterocycles. The predicted molar refractivity (Wildman–Crippen MR) is 105 cm³/mol. The highest BCUT2D eigenvalue weighted by atomic mass is 35.5. The Balaban J connectivity index is 2.25. The van der Waals surface area contributed by atoms with Gasteiger partial charge in [-0.1, -0.05) is 35.9 Å². The quantitative estimate of drug-likeness (QED) is 0.733. The summed E-state index contributed by atoms with van der Waals surface area (Å²) in [7, 11) is 3.92. The van der Waals surface area contributed by atoms with Gasteiger partial charge in [-0.25, -0.2) is 4.98 Å². The van der Waals surface area contributed by atoms with Crippen molar-refractivity contribution in [2.75, 3.05) is 20.6 Å². The number of hydrogen-bond acceptors (Lipinski definition) is 3. The minimum Gasteiger partial charge on any atom is -0.387 e. The highest BCUT2D eigenvalue weighted by Gasteiger charge is 2.17. The number of fused-ring (bicyclic) bond motifs is 1. The van der Waals surface area contributed by atoms with Gasteiger partial charge in [0, 0.05) is 22.5 Å². The van der Waals surface area contributed by atoms with Crippen LogP contribution in [0.3, 0.4) is 0 Å². The number of benzene rings is 2. The van der Waals surface area contributed by atoms with Gasteiger partial charge < -0.3 is 10.0 Å². The van der Waals surface area contributed by atoms with E-state index in [9.17, 15) is 5.11 Å². The molecule has 4 heteroatoms. The fourth-order valence-corrected chi connectivity index (χ4v) is 3.17. The minimum absolute atomic E-state index is 0.562. The summed E-state index contributed by atoms with van der Waals surface area (Å²) >= 11 is 6.01. The van der Waals surface area contributed by atoms with Gasteiger partial charge in [-0.3, -0.25) is 0 Å². The summed E-state index contributed by atoms with van der Waals surface area (Å²) in [5, 5.41) is 12.5. The molecule has 0 aliphatic rings. The van der Waals surface area contributed by atoms with E-state index < -0.39 is 6.10 Å². The number of aliphatic hydroxyl groups is 1. The van der Waals surface area contributed by atoms with E-state index in [-0.39, 0.29) is 0 Å². The van der Waals surface area contributed by atoms with E-state index in [4.69, 9.17) is 16.6 Å². The lowest BCUT2D eigenvalue weighted by molar-refractivity contribution is 0.139. The molecule has 1 aromatic heterocycles. The van der Waals surface area contributed by atoms with Crippen molar-refractivity contribution in [2.24, 2.45) is 0 Å². The SMILES string of the molecule is Cc1ccc2c(C(O)CN(C)C)cc(-c3ccc(Cl)cc3)nc2c1C. The number of halogens is 1. The predicted octanol–water partition coefficient (Wildman–Crippen LogP) is 4.77. The van der Waals surface area contributed by atoms with Crippen LogP contribution in [-0.4, -0.2) is 35.6 Å². The molecule has 0 saturated carbocycles. The maximum atomic E-state index is 10.8. The first kappa shape index (κ1) is 17.9. The van der Waals surface area contributed by atoms with Crippen LogP contribution < -0.4 is 0 Å². The van der Waals surface area contributed by atoms with Crippen molar-refractivity contribution in [1.29, 1.82) is 0 Å². The Morgan fingerprint density at radius 2 is 1.76 bits per heavy atom. The molecule has 0 aliphatic carbocycles. The van der Waals surface area contributed by atoms with Gasteiger partial charge in [-0.15, -0.1) is 0 Å². The second kappa shape index (κ2) is 7.12. The van der Waals surface area contributed by atoms with E-state index in [1.165, 1.54) is 5.56 Å². The smallest absolute Gasteiger partial charge is 0.0923 e. The van der Waals surface area contributed by atoms with E-state index in [2.05, 4.69) is 26.0 Å². The molecule has 3 nitrogen and oxygen atoms in total. The van der Waals surface area contributed by atoms with Crippen molar-refractivity contribution in [3.8, 4) is 11.3 Å². The normalized spacial score (nSPS) is 12.8. The monoisotopic (exact) mass is 354 g/mol. The van der Waals surface area contributed by atoms with E-state index in [1.807, 2.05) is 49.3 Å². The van der Waals surface area contributed by atoms with Crippen LogP contribution in [-0.2, 0) is 0 Å². The zero-order valence-electron chi connectivity index (χ0n) is 15.0. The van der Waals surface area contributed by atoms with Gasteiger partial charge in [0.2, 0.25) is 0 Å². The number of hydrogen-bond donors (Lipinski definition) is 1. The molecule has 0 spiro atoms. The van der Waals surface area contributed by atoms with Crippen molar-refractivity contribution in [3.05, 3.63) is 64.2 Å². The molecular formula is C21H23ClN2O. The molecule has 0 fully saturated rings. The summed E-state index contributed by atoms with van der Waals surface area (Å²) in [6, 6.07) is 13.8. The number of likely N-dealkylation sites (N-methyl/N-ethyl adjacent to an activating group) is 1. The van der Waals surface area contributed by atoms with Crippen molar-refractivity contribution < 1.29 is 5.11 Å². The van der Waals surface area contributed by atoms with Gasteiger partial charge in [0.15, 0.2) is 0 Å². The first-order valence-corrected chi connectivity index (χ1v) is 8.74. The molecule has 1 unspecified atom stereocenters. The molecule has 1 N–H and O–H groups in total. The van der Waals surface area contributed by atoms with Crippen molar-refractivity contribution in [3.63, 3.8) is 0 Å². The molecule has 3 rings (SSSR count). The number of rotatable bonds is 4. The first-order chi connectivity index (χ1) is 11.9.